The van der Waals surface area contributed by atoms with E-state index in [2.05, 4.69) is 19.7 Å². The molecule has 0 fully saturated rings. The van der Waals surface area contributed by atoms with E-state index in [-0.39, 0.29) is 21.9 Å². The van der Waals surface area contributed by atoms with Gasteiger partial charge in [-0.25, -0.2) is 9.71 Å². The lowest BCUT2D eigenvalue weighted by atomic mass is 9.91. The molecule has 2 rings (SSSR count). The Morgan fingerprint density at radius 2 is 1.75 bits per heavy atom. The van der Waals surface area contributed by atoms with Crippen molar-refractivity contribution in [2.45, 2.75) is 36.2 Å². The van der Waals surface area contributed by atoms with Crippen molar-refractivity contribution in [2.75, 3.05) is 14.2 Å². The molecule has 152 valence electrons. The number of thioether (sulfide) groups is 1. The summed E-state index contributed by atoms with van der Waals surface area (Å²) in [6.07, 6.45) is 1.34. The minimum absolute atomic E-state index is 0.224. The molecule has 9 nitrogen and oxygen atoms in total. The van der Waals surface area contributed by atoms with Gasteiger partial charge in [0.05, 0.1) is 25.5 Å². The van der Waals surface area contributed by atoms with E-state index in [0.29, 0.717) is 0 Å². The molecule has 0 aromatic carbocycles. The maximum absolute atomic E-state index is 12.8. The first-order valence-electron chi connectivity index (χ1n) is 8.18. The number of sulfonamides is 1. The second-order valence-corrected chi connectivity index (χ2v) is 9.44. The first-order chi connectivity index (χ1) is 13.1. The molecule has 1 N–H and O–H groups in total. The lowest BCUT2D eigenvalue weighted by Crippen LogP contribution is -2.43. The van der Waals surface area contributed by atoms with Crippen LogP contribution in [0.15, 0.2) is 40.6 Å². The SMILES string of the molecule is COc1cc(OC)nc(SC(C(=O)NS(=O)(=O)c2ccccn2)C(C)(C)C)n1. The number of aromatic nitrogens is 3. The normalized spacial score (nSPS) is 12.9. The molecule has 0 saturated heterocycles. The summed E-state index contributed by atoms with van der Waals surface area (Å²) in [4.78, 5) is 25.0. The molecule has 28 heavy (non-hydrogen) atoms. The molecule has 11 heteroatoms. The Balaban J connectivity index is 2.31. The lowest BCUT2D eigenvalue weighted by Gasteiger charge is -2.28. The summed E-state index contributed by atoms with van der Waals surface area (Å²) in [6, 6.07) is 5.92. The van der Waals surface area contributed by atoms with E-state index < -0.39 is 26.6 Å². The van der Waals surface area contributed by atoms with Crippen molar-refractivity contribution in [2.24, 2.45) is 5.41 Å². The molecule has 2 heterocycles. The van der Waals surface area contributed by atoms with E-state index >= 15 is 0 Å². The van der Waals surface area contributed by atoms with E-state index in [0.717, 1.165) is 11.8 Å². The maximum Gasteiger partial charge on any atom is 0.281 e. The summed E-state index contributed by atoms with van der Waals surface area (Å²) in [6.45, 7) is 5.44. The molecular weight excluding hydrogens is 404 g/mol. The van der Waals surface area contributed by atoms with Crippen LogP contribution in [0, 0.1) is 5.41 Å². The van der Waals surface area contributed by atoms with Gasteiger partial charge in [-0.05, 0) is 17.5 Å². The van der Waals surface area contributed by atoms with Gasteiger partial charge in [0.2, 0.25) is 17.7 Å². The Bertz CT molecular complexity index is 908. The summed E-state index contributed by atoms with van der Waals surface area (Å²) in [5, 5.41) is -0.829. The number of amides is 1. The van der Waals surface area contributed by atoms with Gasteiger partial charge in [0.1, 0.15) is 0 Å². The largest absolute Gasteiger partial charge is 0.481 e. The number of nitrogens with one attached hydrogen (secondary N) is 1. The fraction of sp³-hybridized carbons (Fsp3) is 0.412. The van der Waals surface area contributed by atoms with Gasteiger partial charge in [-0.3, -0.25) is 4.79 Å². The fourth-order valence-electron chi connectivity index (χ4n) is 2.12. The predicted octanol–water partition coefficient (Wildman–Crippen LogP) is 1.90. The number of carbonyl (C=O) groups is 1. The maximum atomic E-state index is 12.8. The molecule has 0 aliphatic carbocycles. The summed E-state index contributed by atoms with van der Waals surface area (Å²) in [5.74, 6) is -0.166. The van der Waals surface area contributed by atoms with Gasteiger partial charge in [0.15, 0.2) is 10.2 Å². The highest BCUT2D eigenvalue weighted by molar-refractivity contribution is 8.00. The van der Waals surface area contributed by atoms with E-state index in [1.807, 2.05) is 20.8 Å². The molecular formula is C17H22N4O5S2. The van der Waals surface area contributed by atoms with E-state index in [1.54, 1.807) is 6.07 Å². The number of hydrogen-bond acceptors (Lipinski definition) is 9. The number of hydrogen-bond donors (Lipinski definition) is 1. The first kappa shape index (κ1) is 21.9. The topological polar surface area (TPSA) is 120 Å². The van der Waals surface area contributed by atoms with Crippen LogP contribution >= 0.6 is 11.8 Å². The number of pyridine rings is 1. The monoisotopic (exact) mass is 426 g/mol. The van der Waals surface area contributed by atoms with Gasteiger partial charge in [0.25, 0.3) is 10.0 Å². The van der Waals surface area contributed by atoms with E-state index in [4.69, 9.17) is 9.47 Å². The molecule has 1 unspecified atom stereocenters. The van der Waals surface area contributed by atoms with Gasteiger partial charge in [-0.15, -0.1) is 0 Å². The molecule has 1 amide bonds. The summed E-state index contributed by atoms with van der Waals surface area (Å²) in [5.41, 5.74) is -0.603. The molecule has 0 aliphatic heterocycles. The zero-order valence-corrected chi connectivity index (χ0v) is 17.8. The molecule has 0 spiro atoms. The summed E-state index contributed by atoms with van der Waals surface area (Å²) in [7, 11) is -1.20. The van der Waals surface area contributed by atoms with Crippen LogP contribution in [0.5, 0.6) is 11.8 Å². The van der Waals surface area contributed by atoms with Gasteiger partial charge in [-0.2, -0.15) is 18.4 Å². The average molecular weight is 427 g/mol. The predicted molar refractivity (Wildman–Crippen MR) is 104 cm³/mol. The summed E-state index contributed by atoms with van der Waals surface area (Å²) >= 11 is 1.02. The number of nitrogens with zero attached hydrogens (tertiary/aromatic N) is 3. The Labute approximate surface area is 168 Å². The highest BCUT2D eigenvalue weighted by Gasteiger charge is 2.36. The quantitative estimate of drug-likeness (QED) is 0.522. The number of rotatable bonds is 7. The van der Waals surface area contributed by atoms with Gasteiger partial charge >= 0.3 is 0 Å². The Morgan fingerprint density at radius 3 is 2.21 bits per heavy atom. The summed E-state index contributed by atoms with van der Waals surface area (Å²) < 4.78 is 37.2. The van der Waals surface area contributed by atoms with Crippen molar-refractivity contribution >= 4 is 27.7 Å². The first-order valence-corrected chi connectivity index (χ1v) is 10.5. The minimum atomic E-state index is -4.10. The van der Waals surface area contributed by atoms with Gasteiger partial charge in [0, 0.05) is 6.20 Å². The molecule has 2 aromatic rings. The molecule has 1 atom stereocenters. The molecule has 0 saturated carbocycles. The van der Waals surface area contributed by atoms with Crippen LogP contribution in [0.3, 0.4) is 0 Å². The number of ether oxygens (including phenoxy) is 2. The number of methoxy groups -OCH3 is 2. The van der Waals surface area contributed by atoms with Crippen LogP contribution in [0.2, 0.25) is 0 Å². The Kier molecular flexibility index (Phi) is 6.83. The van der Waals surface area contributed by atoms with Crippen LogP contribution in [-0.4, -0.2) is 48.7 Å². The third-order valence-electron chi connectivity index (χ3n) is 3.47. The van der Waals surface area contributed by atoms with Crippen LogP contribution in [0.25, 0.3) is 0 Å². The molecule has 2 aromatic heterocycles. The highest BCUT2D eigenvalue weighted by atomic mass is 32.2. The molecule has 0 bridgehead atoms. The van der Waals surface area contributed by atoms with Crippen molar-refractivity contribution < 1.29 is 22.7 Å². The Hall–Kier alpha value is -2.40. The van der Waals surface area contributed by atoms with Crippen LogP contribution in [0.1, 0.15) is 20.8 Å². The van der Waals surface area contributed by atoms with Crippen molar-refractivity contribution in [1.29, 1.82) is 0 Å². The van der Waals surface area contributed by atoms with Gasteiger partial charge in [-0.1, -0.05) is 38.6 Å². The average Bonchev–Trinajstić information content (AvgIpc) is 2.65. The van der Waals surface area contributed by atoms with E-state index in [9.17, 15) is 13.2 Å². The Morgan fingerprint density at radius 1 is 1.14 bits per heavy atom. The standard InChI is InChI=1S/C17H22N4O5S2/c1-17(2,3)14(27-16-19-11(25-4)10-12(20-16)26-5)15(22)21-28(23,24)13-8-6-7-9-18-13/h6-10,14H,1-5H3,(H,21,22). The van der Waals surface area contributed by atoms with Crippen LogP contribution < -0.4 is 14.2 Å². The lowest BCUT2D eigenvalue weighted by molar-refractivity contribution is -0.120. The highest BCUT2D eigenvalue weighted by Crippen LogP contribution is 2.35. The second kappa shape index (κ2) is 8.74. The zero-order chi connectivity index (χ0) is 20.9. The van der Waals surface area contributed by atoms with Crippen molar-refractivity contribution in [3.05, 3.63) is 30.5 Å². The van der Waals surface area contributed by atoms with Crippen LogP contribution in [-0.2, 0) is 14.8 Å². The third kappa shape index (κ3) is 5.55. The molecule has 0 radical (unpaired) electrons. The van der Waals surface area contributed by atoms with Gasteiger partial charge < -0.3 is 9.47 Å². The number of carbonyl (C=O) groups excluding carboxylic acids is 1. The second-order valence-electron chi connectivity index (χ2n) is 6.74. The van der Waals surface area contributed by atoms with Crippen molar-refractivity contribution in [3.8, 4) is 11.8 Å². The van der Waals surface area contributed by atoms with Crippen molar-refractivity contribution in [1.82, 2.24) is 19.7 Å². The smallest absolute Gasteiger partial charge is 0.281 e. The third-order valence-corrected chi connectivity index (χ3v) is 6.29. The minimum Gasteiger partial charge on any atom is -0.481 e. The van der Waals surface area contributed by atoms with E-state index in [1.165, 1.54) is 38.6 Å². The van der Waals surface area contributed by atoms with Crippen LogP contribution in [0.4, 0.5) is 0 Å². The zero-order valence-electron chi connectivity index (χ0n) is 16.2. The molecule has 0 aliphatic rings. The fourth-order valence-corrected chi connectivity index (χ4v) is 4.15. The van der Waals surface area contributed by atoms with Crippen molar-refractivity contribution in [3.63, 3.8) is 0 Å².